The number of nitrogens with one attached hydrogen (secondary N) is 1. The van der Waals surface area contributed by atoms with Gasteiger partial charge in [-0.05, 0) is 30.2 Å². The molecule has 1 atom stereocenters. The number of hydrogen-bond acceptors (Lipinski definition) is 4. The number of nitrogens with zero attached hydrogens (tertiary/aromatic N) is 4. The number of halogens is 2. The molecule has 1 aliphatic heterocycles. The summed E-state index contributed by atoms with van der Waals surface area (Å²) in [5.74, 6) is 1.50. The number of guanidine groups is 1. The molecule has 8 heteroatoms. The average Bonchev–Trinajstić information content (AvgIpc) is 2.70. The highest BCUT2D eigenvalue weighted by Gasteiger charge is 2.18. The Hall–Kier alpha value is -1.93. The first-order chi connectivity index (χ1) is 13.9. The predicted molar refractivity (Wildman–Crippen MR) is 114 cm³/mol. The Bertz CT molecular complexity index is 618. The van der Waals surface area contributed by atoms with E-state index in [9.17, 15) is 8.78 Å². The number of hydrogen-bond donors (Lipinski definition) is 1. The standard InChI is InChI=1S/C21H35F2N5O/c1-5-27-10-12-28(13-11-27)15-17(2)14-25-21(24-3)26(4)16-18-6-8-19(9-7-18)29-20(22)23/h6-9,17,20H,5,10-16H2,1-4H3,(H,24,25). The van der Waals surface area contributed by atoms with Crippen LogP contribution < -0.4 is 10.1 Å². The maximum atomic E-state index is 12.3. The second kappa shape index (κ2) is 11.9. The lowest BCUT2D eigenvalue weighted by molar-refractivity contribution is -0.0498. The van der Waals surface area contributed by atoms with E-state index in [4.69, 9.17) is 0 Å². The molecule has 1 saturated heterocycles. The molecule has 164 valence electrons. The largest absolute Gasteiger partial charge is 0.435 e. The van der Waals surface area contributed by atoms with Crippen molar-refractivity contribution in [3.8, 4) is 5.75 Å². The molecule has 1 aromatic carbocycles. The first-order valence-electron chi connectivity index (χ1n) is 10.3. The lowest BCUT2D eigenvalue weighted by Crippen LogP contribution is -2.48. The summed E-state index contributed by atoms with van der Waals surface area (Å²) in [5.41, 5.74) is 0.999. The van der Waals surface area contributed by atoms with E-state index in [1.807, 2.05) is 11.9 Å². The molecule has 0 aromatic heterocycles. The van der Waals surface area contributed by atoms with E-state index in [2.05, 4.69) is 38.7 Å². The van der Waals surface area contributed by atoms with Crippen LogP contribution in [0.5, 0.6) is 5.75 Å². The van der Waals surface area contributed by atoms with Crippen LogP contribution >= 0.6 is 0 Å². The predicted octanol–water partition coefficient (Wildman–Crippen LogP) is 2.57. The molecule has 0 bridgehead atoms. The lowest BCUT2D eigenvalue weighted by Gasteiger charge is -2.35. The molecule has 1 aliphatic rings. The number of benzene rings is 1. The molecule has 0 aliphatic carbocycles. The van der Waals surface area contributed by atoms with Crippen molar-refractivity contribution in [2.75, 3.05) is 59.9 Å². The molecule has 0 spiro atoms. The fourth-order valence-corrected chi connectivity index (χ4v) is 3.57. The van der Waals surface area contributed by atoms with E-state index in [-0.39, 0.29) is 5.75 Å². The van der Waals surface area contributed by atoms with E-state index >= 15 is 0 Å². The van der Waals surface area contributed by atoms with Gasteiger partial charge in [-0.25, -0.2) is 0 Å². The van der Waals surface area contributed by atoms with Crippen LogP contribution in [0.1, 0.15) is 19.4 Å². The Kier molecular flexibility index (Phi) is 9.60. The van der Waals surface area contributed by atoms with Gasteiger partial charge in [0.2, 0.25) is 0 Å². The van der Waals surface area contributed by atoms with Crippen LogP contribution in [-0.2, 0) is 6.54 Å². The van der Waals surface area contributed by atoms with Gasteiger partial charge in [-0.15, -0.1) is 0 Å². The van der Waals surface area contributed by atoms with Crippen molar-refractivity contribution in [1.82, 2.24) is 20.0 Å². The third kappa shape index (κ3) is 8.14. The Morgan fingerprint density at radius 1 is 1.17 bits per heavy atom. The maximum Gasteiger partial charge on any atom is 0.387 e. The van der Waals surface area contributed by atoms with Crippen LogP contribution in [0.2, 0.25) is 0 Å². The van der Waals surface area contributed by atoms with Crippen molar-refractivity contribution < 1.29 is 13.5 Å². The van der Waals surface area contributed by atoms with Gasteiger partial charge in [-0.1, -0.05) is 26.0 Å². The molecule has 1 fully saturated rings. The molecule has 0 amide bonds. The van der Waals surface area contributed by atoms with E-state index < -0.39 is 6.61 Å². The fraction of sp³-hybridized carbons (Fsp3) is 0.667. The van der Waals surface area contributed by atoms with Crippen LogP contribution in [0.15, 0.2) is 29.3 Å². The minimum Gasteiger partial charge on any atom is -0.435 e. The molecule has 1 unspecified atom stereocenters. The van der Waals surface area contributed by atoms with Crippen molar-refractivity contribution >= 4 is 5.96 Å². The molecule has 29 heavy (non-hydrogen) atoms. The van der Waals surface area contributed by atoms with Gasteiger partial charge in [-0.3, -0.25) is 4.99 Å². The summed E-state index contributed by atoms with van der Waals surface area (Å²) >= 11 is 0. The average molecular weight is 412 g/mol. The minimum atomic E-state index is -2.80. The molecular weight excluding hydrogens is 376 g/mol. The summed E-state index contributed by atoms with van der Waals surface area (Å²) in [6, 6.07) is 6.71. The quantitative estimate of drug-likeness (QED) is 0.500. The van der Waals surface area contributed by atoms with E-state index in [0.717, 1.165) is 57.3 Å². The van der Waals surface area contributed by atoms with Crippen molar-refractivity contribution in [2.45, 2.75) is 27.0 Å². The Labute approximate surface area is 173 Å². The van der Waals surface area contributed by atoms with E-state index in [0.29, 0.717) is 12.5 Å². The monoisotopic (exact) mass is 411 g/mol. The summed E-state index contributed by atoms with van der Waals surface area (Å²) in [5, 5.41) is 3.45. The van der Waals surface area contributed by atoms with Crippen LogP contribution in [0, 0.1) is 5.92 Å². The van der Waals surface area contributed by atoms with Gasteiger partial charge in [0.05, 0.1) is 0 Å². The van der Waals surface area contributed by atoms with Crippen LogP contribution in [-0.4, -0.2) is 87.2 Å². The third-order valence-corrected chi connectivity index (χ3v) is 5.23. The van der Waals surface area contributed by atoms with Crippen LogP contribution in [0.4, 0.5) is 8.78 Å². The van der Waals surface area contributed by atoms with Gasteiger partial charge in [0.1, 0.15) is 5.75 Å². The Morgan fingerprint density at radius 3 is 2.34 bits per heavy atom. The SMILES string of the molecule is CCN1CCN(CC(C)CNC(=NC)N(C)Cc2ccc(OC(F)F)cc2)CC1. The smallest absolute Gasteiger partial charge is 0.387 e. The van der Waals surface area contributed by atoms with E-state index in [1.165, 1.54) is 0 Å². The zero-order chi connectivity index (χ0) is 21.2. The van der Waals surface area contributed by atoms with Crippen molar-refractivity contribution in [3.63, 3.8) is 0 Å². The summed E-state index contributed by atoms with van der Waals surface area (Å²) in [6.07, 6.45) is 0. The second-order valence-corrected chi connectivity index (χ2v) is 7.65. The normalized spacial score (nSPS) is 17.4. The number of piperazine rings is 1. The molecule has 1 aromatic rings. The number of likely N-dealkylation sites (N-methyl/N-ethyl adjacent to an activating group) is 1. The number of ether oxygens (including phenoxy) is 1. The van der Waals surface area contributed by atoms with Gasteiger partial charge in [-0.2, -0.15) is 8.78 Å². The Balaban J connectivity index is 1.75. The van der Waals surface area contributed by atoms with Gasteiger partial charge >= 0.3 is 6.61 Å². The van der Waals surface area contributed by atoms with Gasteiger partial charge in [0, 0.05) is 59.9 Å². The molecule has 2 rings (SSSR count). The zero-order valence-corrected chi connectivity index (χ0v) is 18.1. The summed E-state index contributed by atoms with van der Waals surface area (Å²) < 4.78 is 28.9. The molecular formula is C21H35F2N5O. The highest BCUT2D eigenvalue weighted by Crippen LogP contribution is 2.15. The molecule has 0 radical (unpaired) electrons. The number of rotatable bonds is 9. The maximum absolute atomic E-state index is 12.3. The minimum absolute atomic E-state index is 0.169. The third-order valence-electron chi connectivity index (χ3n) is 5.23. The molecule has 0 saturated carbocycles. The highest BCUT2D eigenvalue weighted by molar-refractivity contribution is 5.79. The van der Waals surface area contributed by atoms with Gasteiger partial charge < -0.3 is 24.8 Å². The lowest BCUT2D eigenvalue weighted by atomic mass is 10.1. The summed E-state index contributed by atoms with van der Waals surface area (Å²) in [6.45, 7) is 9.95. The zero-order valence-electron chi connectivity index (χ0n) is 18.1. The summed E-state index contributed by atoms with van der Waals surface area (Å²) in [4.78, 5) is 11.4. The first-order valence-corrected chi connectivity index (χ1v) is 10.3. The van der Waals surface area contributed by atoms with Gasteiger partial charge in [0.25, 0.3) is 0 Å². The topological polar surface area (TPSA) is 43.3 Å². The molecule has 1 heterocycles. The van der Waals surface area contributed by atoms with Crippen molar-refractivity contribution in [1.29, 1.82) is 0 Å². The van der Waals surface area contributed by atoms with Gasteiger partial charge in [0.15, 0.2) is 5.96 Å². The van der Waals surface area contributed by atoms with Crippen molar-refractivity contribution in [2.24, 2.45) is 10.9 Å². The van der Waals surface area contributed by atoms with Crippen LogP contribution in [0.25, 0.3) is 0 Å². The molecule has 1 N–H and O–H groups in total. The summed E-state index contributed by atoms with van der Waals surface area (Å²) in [7, 11) is 3.74. The Morgan fingerprint density at radius 2 is 1.79 bits per heavy atom. The van der Waals surface area contributed by atoms with Crippen molar-refractivity contribution in [3.05, 3.63) is 29.8 Å². The highest BCUT2D eigenvalue weighted by atomic mass is 19.3. The fourth-order valence-electron chi connectivity index (χ4n) is 3.57. The number of alkyl halides is 2. The second-order valence-electron chi connectivity index (χ2n) is 7.65. The van der Waals surface area contributed by atoms with E-state index in [1.54, 1.807) is 31.3 Å². The molecule has 6 nitrogen and oxygen atoms in total. The van der Waals surface area contributed by atoms with Crippen LogP contribution in [0.3, 0.4) is 0 Å². The first kappa shape index (κ1) is 23.3. The number of aliphatic imine (C=N–C) groups is 1.